The molecule has 5 aliphatic rings. The summed E-state index contributed by atoms with van der Waals surface area (Å²) in [6.07, 6.45) is -3.18. The largest absolute Gasteiger partial charge is 0.456 e. The van der Waals surface area contributed by atoms with Crippen molar-refractivity contribution >= 4 is 23.8 Å². The van der Waals surface area contributed by atoms with Crippen LogP contribution in [0.25, 0.3) is 0 Å². The van der Waals surface area contributed by atoms with Gasteiger partial charge in [-0.15, -0.1) is 0 Å². The molecule has 12 atom stereocenters. The average Bonchev–Trinajstić information content (AvgIpc) is 3.58. The van der Waals surface area contributed by atoms with Crippen LogP contribution in [-0.2, 0) is 28.6 Å². The number of rotatable bonds is 6. The third kappa shape index (κ3) is 5.89. The SMILES string of the molecule is CC(=O)OC1C(=O)[C@]2(C)C(O)C[C@H]3CCC3(O)C2[C@H](C)C2CC(OC(=O)C(O)C(NC(=O)OC(C)(C)C)C3CC3(C)C)C(C)=C1C2(C)C. The lowest BCUT2D eigenvalue weighted by Crippen LogP contribution is -2.72. The Hall–Kier alpha value is -2.50. The molecule has 9 unspecified atom stereocenters. The Kier molecular flexibility index (Phi) is 9.03. The molecule has 0 saturated heterocycles. The zero-order valence-corrected chi connectivity index (χ0v) is 30.5. The van der Waals surface area contributed by atoms with E-state index in [0.717, 1.165) is 6.42 Å². The number of carbonyl (C=O) groups excluding carboxylic acids is 4. The van der Waals surface area contributed by atoms with Gasteiger partial charge in [0.2, 0.25) is 0 Å². The van der Waals surface area contributed by atoms with E-state index >= 15 is 0 Å². The van der Waals surface area contributed by atoms with E-state index in [1.54, 1.807) is 34.6 Å². The quantitative estimate of drug-likeness (QED) is 0.182. The lowest BCUT2D eigenvalue weighted by Gasteiger charge is -2.66. The van der Waals surface area contributed by atoms with Crippen LogP contribution in [0.1, 0.15) is 108 Å². The van der Waals surface area contributed by atoms with Gasteiger partial charge in [0.25, 0.3) is 0 Å². The molecule has 4 saturated carbocycles. The molecule has 0 aromatic carbocycles. The van der Waals surface area contributed by atoms with Gasteiger partial charge in [0.1, 0.15) is 11.7 Å². The number of Topliss-reactive ketones (excluding diaryl/α,β-unsaturated/α-hetero) is 1. The minimum absolute atomic E-state index is 0.152. The first-order chi connectivity index (χ1) is 21.9. The van der Waals surface area contributed by atoms with E-state index < -0.39 is 82.2 Å². The van der Waals surface area contributed by atoms with E-state index in [-0.39, 0.29) is 35.5 Å². The summed E-state index contributed by atoms with van der Waals surface area (Å²) in [5.74, 6) is -3.61. The van der Waals surface area contributed by atoms with Gasteiger partial charge in [0.05, 0.1) is 23.2 Å². The summed E-state index contributed by atoms with van der Waals surface area (Å²) in [4.78, 5) is 54.0. The van der Waals surface area contributed by atoms with Crippen LogP contribution in [0.5, 0.6) is 0 Å². The van der Waals surface area contributed by atoms with E-state index in [9.17, 15) is 34.5 Å². The van der Waals surface area contributed by atoms with E-state index in [2.05, 4.69) is 5.32 Å². The highest BCUT2D eigenvalue weighted by molar-refractivity contribution is 5.94. The minimum atomic E-state index is -1.70. The summed E-state index contributed by atoms with van der Waals surface area (Å²) in [6.45, 7) is 19.8. The third-order valence-electron chi connectivity index (χ3n) is 13.0. The molecular weight excluding hydrogens is 618 g/mol. The van der Waals surface area contributed by atoms with Crippen LogP contribution < -0.4 is 5.32 Å². The van der Waals surface area contributed by atoms with Crippen LogP contribution in [0.4, 0.5) is 4.79 Å². The fourth-order valence-corrected chi connectivity index (χ4v) is 10.3. The standard InChI is InChI=1S/C37H57NO10/c1-17-21-15-23(47-31(43)27(41)26(22-16-34(22,7)8)38-32(44)48-33(4,5)6)18(2)25(35(21,9)10)28(46-19(3)39)30(42)36(11)24(40)14-20-12-13-37(20,45)29(17)36/h17,20-24,26-29,40-41,45H,12-16H2,1-11H3,(H,38,44)/t17-,20-,21?,22?,23?,24?,26?,27?,28?,29?,36-,37?/m1/s1. The maximum Gasteiger partial charge on any atom is 0.407 e. The highest BCUT2D eigenvalue weighted by atomic mass is 16.6. The van der Waals surface area contributed by atoms with Gasteiger partial charge in [-0.25, -0.2) is 9.59 Å². The van der Waals surface area contributed by atoms with E-state index in [4.69, 9.17) is 14.2 Å². The Morgan fingerprint density at radius 1 is 1.04 bits per heavy atom. The van der Waals surface area contributed by atoms with E-state index in [1.807, 2.05) is 34.6 Å². The zero-order valence-electron chi connectivity index (χ0n) is 30.5. The fourth-order valence-electron chi connectivity index (χ4n) is 10.3. The molecular formula is C37H57NO10. The summed E-state index contributed by atoms with van der Waals surface area (Å²) in [6, 6.07) is -0.954. The molecule has 11 nitrogen and oxygen atoms in total. The smallest absolute Gasteiger partial charge is 0.407 e. The molecule has 5 rings (SSSR count). The van der Waals surface area contributed by atoms with Crippen LogP contribution in [-0.4, -0.2) is 80.8 Å². The van der Waals surface area contributed by atoms with Crippen LogP contribution in [0, 0.1) is 45.8 Å². The lowest BCUT2D eigenvalue weighted by atomic mass is 9.40. The zero-order chi connectivity index (χ0) is 36.1. The third-order valence-corrected chi connectivity index (χ3v) is 13.0. The highest BCUT2D eigenvalue weighted by Crippen LogP contribution is 2.66. The number of aliphatic hydroxyl groups excluding tert-OH is 2. The van der Waals surface area contributed by atoms with Crippen molar-refractivity contribution in [3.05, 3.63) is 11.1 Å². The minimum Gasteiger partial charge on any atom is -0.456 e. The highest BCUT2D eigenvalue weighted by Gasteiger charge is 2.71. The van der Waals surface area contributed by atoms with Crippen molar-refractivity contribution < 1.29 is 48.7 Å². The molecule has 0 spiro atoms. The number of nitrogens with one attached hydrogen (secondary N) is 1. The van der Waals surface area contributed by atoms with Gasteiger partial charge < -0.3 is 34.8 Å². The molecule has 0 aliphatic heterocycles. The number of ether oxygens (including phenoxy) is 3. The number of hydrogen-bond donors (Lipinski definition) is 4. The van der Waals surface area contributed by atoms with Crippen molar-refractivity contribution in [2.24, 2.45) is 45.8 Å². The number of fused-ring (bicyclic) bond motifs is 5. The Morgan fingerprint density at radius 3 is 2.15 bits per heavy atom. The van der Waals surface area contributed by atoms with Crippen LogP contribution in [0.3, 0.4) is 0 Å². The van der Waals surface area contributed by atoms with Crippen molar-refractivity contribution in [3.8, 4) is 0 Å². The first-order valence-electron chi connectivity index (χ1n) is 17.6. The summed E-state index contributed by atoms with van der Waals surface area (Å²) in [5, 5.41) is 37.9. The number of hydrogen-bond acceptors (Lipinski definition) is 10. The molecule has 0 heterocycles. The molecule has 1 amide bonds. The molecule has 2 bridgehead atoms. The molecule has 270 valence electrons. The number of carbonyl (C=O) groups is 4. The van der Waals surface area contributed by atoms with Gasteiger partial charge in [0.15, 0.2) is 18.0 Å². The van der Waals surface area contributed by atoms with Crippen molar-refractivity contribution in [3.63, 3.8) is 0 Å². The summed E-state index contributed by atoms with van der Waals surface area (Å²) < 4.78 is 17.4. The second kappa shape index (κ2) is 11.8. The second-order valence-electron chi connectivity index (χ2n) is 18.0. The summed E-state index contributed by atoms with van der Waals surface area (Å²) in [5.41, 5.74) is -3.23. The second-order valence-corrected chi connectivity index (χ2v) is 18.0. The van der Waals surface area contributed by atoms with Crippen molar-refractivity contribution in [1.82, 2.24) is 5.32 Å². The molecule has 4 fully saturated rings. The van der Waals surface area contributed by atoms with Gasteiger partial charge in [-0.05, 0) is 112 Å². The number of alkyl carbamates (subject to hydrolysis) is 1. The lowest BCUT2D eigenvalue weighted by molar-refractivity contribution is -0.255. The molecule has 4 N–H and O–H groups in total. The number of ketones is 1. The first-order valence-corrected chi connectivity index (χ1v) is 17.6. The monoisotopic (exact) mass is 675 g/mol. The van der Waals surface area contributed by atoms with Gasteiger partial charge in [-0.3, -0.25) is 9.59 Å². The van der Waals surface area contributed by atoms with Crippen LogP contribution in [0.15, 0.2) is 11.1 Å². The molecule has 0 aromatic rings. The summed E-state index contributed by atoms with van der Waals surface area (Å²) >= 11 is 0. The normalized spacial score (nSPS) is 40.8. The number of aliphatic hydroxyl groups is 3. The van der Waals surface area contributed by atoms with Gasteiger partial charge in [-0.2, -0.15) is 0 Å². The van der Waals surface area contributed by atoms with Gasteiger partial charge >= 0.3 is 18.0 Å². The maximum atomic E-state index is 14.8. The van der Waals surface area contributed by atoms with E-state index in [1.165, 1.54) is 6.92 Å². The Morgan fingerprint density at radius 2 is 1.65 bits per heavy atom. The Labute approximate surface area is 284 Å². The average molecular weight is 676 g/mol. The molecule has 5 aliphatic carbocycles. The van der Waals surface area contributed by atoms with Gasteiger partial charge in [-0.1, -0.05) is 34.6 Å². The number of amides is 1. The predicted octanol–water partition coefficient (Wildman–Crippen LogP) is 4.24. The van der Waals surface area contributed by atoms with Gasteiger partial charge in [0, 0.05) is 12.8 Å². The van der Waals surface area contributed by atoms with Crippen LogP contribution >= 0.6 is 0 Å². The number of esters is 2. The first kappa shape index (κ1) is 36.8. The van der Waals surface area contributed by atoms with Crippen molar-refractivity contribution in [2.45, 2.75) is 150 Å². The molecule has 0 radical (unpaired) electrons. The molecule has 48 heavy (non-hydrogen) atoms. The summed E-state index contributed by atoms with van der Waals surface area (Å²) in [7, 11) is 0. The fraction of sp³-hybridized carbons (Fsp3) is 0.838. The topological polar surface area (TPSA) is 169 Å². The van der Waals surface area contributed by atoms with E-state index in [0.29, 0.717) is 30.4 Å². The van der Waals surface area contributed by atoms with Crippen LogP contribution in [0.2, 0.25) is 0 Å². The molecule has 0 aromatic heterocycles. The predicted molar refractivity (Wildman–Crippen MR) is 175 cm³/mol. The maximum absolute atomic E-state index is 14.8. The Balaban J connectivity index is 1.53. The molecule has 11 heteroatoms. The van der Waals surface area contributed by atoms with Crippen molar-refractivity contribution in [1.29, 1.82) is 0 Å². The van der Waals surface area contributed by atoms with Crippen molar-refractivity contribution in [2.75, 3.05) is 0 Å². The Bertz CT molecular complexity index is 1390.